The maximum atomic E-state index is 11.8. The van der Waals surface area contributed by atoms with Crippen LogP contribution in [0.5, 0.6) is 5.75 Å². The molecule has 0 bridgehead atoms. The van der Waals surface area contributed by atoms with Crippen LogP contribution in [-0.4, -0.2) is 17.5 Å². The Hall–Kier alpha value is -2.56. The lowest BCUT2D eigenvalue weighted by Gasteiger charge is -2.14. The molecule has 1 amide bonds. The van der Waals surface area contributed by atoms with Crippen molar-refractivity contribution in [3.8, 4) is 5.75 Å². The molecule has 5 nitrogen and oxygen atoms in total. The molecule has 3 N–H and O–H groups in total. The minimum absolute atomic E-state index is 0.0476. The van der Waals surface area contributed by atoms with Gasteiger partial charge >= 0.3 is 0 Å². The second-order valence-corrected chi connectivity index (χ2v) is 4.44. The van der Waals surface area contributed by atoms with Crippen molar-refractivity contribution in [1.82, 2.24) is 10.3 Å². The zero-order valence-electron chi connectivity index (χ0n) is 11.2. The molecule has 104 valence electrons. The van der Waals surface area contributed by atoms with Crippen molar-refractivity contribution in [2.45, 2.75) is 13.0 Å². The van der Waals surface area contributed by atoms with E-state index in [9.17, 15) is 4.79 Å². The number of carbonyl (C=O) groups excluding carboxylic acids is 1. The summed E-state index contributed by atoms with van der Waals surface area (Å²) in [5, 5.41) is 2.85. The molecular weight excluding hydrogens is 254 g/mol. The van der Waals surface area contributed by atoms with Crippen molar-refractivity contribution in [1.29, 1.82) is 0 Å². The Balaban J connectivity index is 1.84. The highest BCUT2D eigenvalue weighted by atomic mass is 16.5. The number of hydrogen-bond acceptors (Lipinski definition) is 4. The number of hydrogen-bond donors (Lipinski definition) is 2. The molecule has 0 aliphatic heterocycles. The van der Waals surface area contributed by atoms with Gasteiger partial charge in [-0.05, 0) is 30.7 Å². The molecule has 5 heteroatoms. The first kappa shape index (κ1) is 13.9. The summed E-state index contributed by atoms with van der Waals surface area (Å²) >= 11 is 0. The number of nitrogens with one attached hydrogen (secondary N) is 1. The first-order valence-electron chi connectivity index (χ1n) is 6.33. The minimum Gasteiger partial charge on any atom is -0.484 e. The molecule has 0 radical (unpaired) electrons. The number of anilines is 1. The second kappa shape index (κ2) is 6.56. The number of pyridine rings is 1. The zero-order chi connectivity index (χ0) is 14.4. The van der Waals surface area contributed by atoms with Gasteiger partial charge in [-0.3, -0.25) is 9.78 Å². The third kappa shape index (κ3) is 3.98. The molecule has 0 saturated carbocycles. The highest BCUT2D eigenvalue weighted by Gasteiger charge is 2.10. The van der Waals surface area contributed by atoms with Crippen LogP contribution < -0.4 is 15.8 Å². The number of nitrogen functional groups attached to an aromatic ring is 1. The third-order valence-corrected chi connectivity index (χ3v) is 2.79. The fourth-order valence-electron chi connectivity index (χ4n) is 1.75. The average molecular weight is 271 g/mol. The summed E-state index contributed by atoms with van der Waals surface area (Å²) in [4.78, 5) is 15.8. The van der Waals surface area contributed by atoms with Gasteiger partial charge in [-0.25, -0.2) is 0 Å². The molecule has 2 rings (SSSR count). The summed E-state index contributed by atoms with van der Waals surface area (Å²) in [6, 6.07) is 10.6. The van der Waals surface area contributed by atoms with E-state index < -0.39 is 0 Å². The predicted molar refractivity (Wildman–Crippen MR) is 77.1 cm³/mol. The molecule has 1 unspecified atom stereocenters. The number of rotatable bonds is 5. The van der Waals surface area contributed by atoms with E-state index in [1.807, 2.05) is 19.1 Å². The van der Waals surface area contributed by atoms with Crippen LogP contribution in [0.15, 0.2) is 48.8 Å². The molecule has 20 heavy (non-hydrogen) atoms. The highest BCUT2D eigenvalue weighted by molar-refractivity contribution is 5.78. The Morgan fingerprint density at radius 1 is 1.40 bits per heavy atom. The van der Waals surface area contributed by atoms with Crippen LogP contribution in [0.25, 0.3) is 0 Å². The number of amides is 1. The summed E-state index contributed by atoms with van der Waals surface area (Å²) in [7, 11) is 0. The Morgan fingerprint density at radius 2 is 2.25 bits per heavy atom. The Kier molecular flexibility index (Phi) is 4.55. The van der Waals surface area contributed by atoms with Gasteiger partial charge in [0.15, 0.2) is 6.61 Å². The Morgan fingerprint density at radius 3 is 2.95 bits per heavy atom. The first-order valence-corrected chi connectivity index (χ1v) is 6.33. The van der Waals surface area contributed by atoms with Gasteiger partial charge in [0.1, 0.15) is 5.75 Å². The lowest BCUT2D eigenvalue weighted by molar-refractivity contribution is -0.123. The quantitative estimate of drug-likeness (QED) is 0.814. The molecule has 0 fully saturated rings. The van der Waals surface area contributed by atoms with E-state index in [1.54, 1.807) is 36.7 Å². The van der Waals surface area contributed by atoms with Crippen LogP contribution >= 0.6 is 0 Å². The molecule has 0 aliphatic carbocycles. The number of carbonyl (C=O) groups is 1. The monoisotopic (exact) mass is 271 g/mol. The van der Waals surface area contributed by atoms with Gasteiger partial charge in [0.25, 0.3) is 5.91 Å². The van der Waals surface area contributed by atoms with Crippen molar-refractivity contribution < 1.29 is 9.53 Å². The van der Waals surface area contributed by atoms with Gasteiger partial charge in [-0.1, -0.05) is 12.1 Å². The fraction of sp³-hybridized carbons (Fsp3) is 0.200. The number of nitrogens with zero attached hydrogens (tertiary/aromatic N) is 1. The van der Waals surface area contributed by atoms with Crippen LogP contribution in [0.2, 0.25) is 0 Å². The minimum atomic E-state index is -0.191. The van der Waals surface area contributed by atoms with E-state index in [0.29, 0.717) is 11.4 Å². The standard InChI is InChI=1S/C15H17N3O2/c1-11(12-4-3-7-17-9-12)18-15(19)10-20-14-6-2-5-13(16)8-14/h2-9,11H,10,16H2,1H3,(H,18,19). The SMILES string of the molecule is CC(NC(=O)COc1cccc(N)c1)c1cccnc1. The zero-order valence-corrected chi connectivity index (χ0v) is 11.2. The topological polar surface area (TPSA) is 77.2 Å². The van der Waals surface area contributed by atoms with E-state index in [2.05, 4.69) is 10.3 Å². The van der Waals surface area contributed by atoms with Crippen molar-refractivity contribution in [3.63, 3.8) is 0 Å². The molecule has 2 aromatic rings. The molecule has 1 aromatic heterocycles. The van der Waals surface area contributed by atoms with Gasteiger partial charge in [0.2, 0.25) is 0 Å². The molecule has 1 aromatic carbocycles. The molecule has 0 aliphatic rings. The van der Waals surface area contributed by atoms with Crippen LogP contribution in [0.1, 0.15) is 18.5 Å². The molecule has 1 atom stereocenters. The van der Waals surface area contributed by atoms with Crippen molar-refractivity contribution >= 4 is 11.6 Å². The lowest BCUT2D eigenvalue weighted by Crippen LogP contribution is -2.31. The van der Waals surface area contributed by atoms with E-state index >= 15 is 0 Å². The van der Waals surface area contributed by atoms with Crippen molar-refractivity contribution in [2.24, 2.45) is 0 Å². The van der Waals surface area contributed by atoms with Gasteiger partial charge in [0.05, 0.1) is 6.04 Å². The molecule has 0 spiro atoms. The Labute approximate surface area is 117 Å². The van der Waals surface area contributed by atoms with Crippen molar-refractivity contribution in [3.05, 3.63) is 54.4 Å². The van der Waals surface area contributed by atoms with Gasteiger partial charge in [0, 0.05) is 24.1 Å². The Bertz CT molecular complexity index is 572. The number of ether oxygens (including phenoxy) is 1. The first-order chi connectivity index (χ1) is 9.65. The summed E-state index contributed by atoms with van der Waals surface area (Å²) in [6.45, 7) is 1.85. The summed E-state index contributed by atoms with van der Waals surface area (Å²) in [5.74, 6) is 0.387. The number of nitrogens with two attached hydrogens (primary N) is 1. The lowest BCUT2D eigenvalue weighted by atomic mass is 10.1. The average Bonchev–Trinajstić information content (AvgIpc) is 2.46. The molecule has 0 saturated heterocycles. The highest BCUT2D eigenvalue weighted by Crippen LogP contribution is 2.14. The summed E-state index contributed by atoms with van der Waals surface area (Å²) in [5.41, 5.74) is 7.19. The van der Waals surface area contributed by atoms with E-state index in [1.165, 1.54) is 0 Å². The largest absolute Gasteiger partial charge is 0.484 e. The number of aromatic nitrogens is 1. The summed E-state index contributed by atoms with van der Waals surface area (Å²) in [6.07, 6.45) is 3.42. The van der Waals surface area contributed by atoms with E-state index in [-0.39, 0.29) is 18.6 Å². The smallest absolute Gasteiger partial charge is 0.258 e. The maximum Gasteiger partial charge on any atom is 0.258 e. The van der Waals surface area contributed by atoms with E-state index in [4.69, 9.17) is 10.5 Å². The third-order valence-electron chi connectivity index (χ3n) is 2.79. The normalized spacial score (nSPS) is 11.7. The van der Waals surface area contributed by atoms with Gasteiger partial charge in [-0.15, -0.1) is 0 Å². The van der Waals surface area contributed by atoms with Gasteiger partial charge < -0.3 is 15.8 Å². The van der Waals surface area contributed by atoms with Crippen LogP contribution in [-0.2, 0) is 4.79 Å². The van der Waals surface area contributed by atoms with Crippen LogP contribution in [0.3, 0.4) is 0 Å². The van der Waals surface area contributed by atoms with Crippen LogP contribution in [0, 0.1) is 0 Å². The second-order valence-electron chi connectivity index (χ2n) is 4.44. The summed E-state index contributed by atoms with van der Waals surface area (Å²) < 4.78 is 5.38. The molecule has 1 heterocycles. The number of benzene rings is 1. The van der Waals surface area contributed by atoms with Gasteiger partial charge in [-0.2, -0.15) is 0 Å². The molecular formula is C15H17N3O2. The fourth-order valence-corrected chi connectivity index (χ4v) is 1.75. The maximum absolute atomic E-state index is 11.8. The predicted octanol–water partition coefficient (Wildman–Crippen LogP) is 1.92. The van der Waals surface area contributed by atoms with E-state index in [0.717, 1.165) is 5.56 Å². The van der Waals surface area contributed by atoms with Crippen LogP contribution in [0.4, 0.5) is 5.69 Å². The van der Waals surface area contributed by atoms with Crippen molar-refractivity contribution in [2.75, 3.05) is 12.3 Å².